The van der Waals surface area contributed by atoms with Gasteiger partial charge in [-0.2, -0.15) is 0 Å². The molecular formula is C9H20ClN5. The molecule has 15 heavy (non-hydrogen) atoms. The molecule has 0 fully saturated rings. The van der Waals surface area contributed by atoms with Crippen LogP contribution in [0.2, 0.25) is 0 Å². The molecule has 0 aliphatic carbocycles. The third-order valence-corrected chi connectivity index (χ3v) is 1.45. The first-order chi connectivity index (χ1) is 6.70. The van der Waals surface area contributed by atoms with Crippen molar-refractivity contribution in [1.29, 1.82) is 5.41 Å². The Morgan fingerprint density at radius 2 is 2.27 bits per heavy atom. The highest BCUT2D eigenvalue weighted by atomic mass is 35.5. The second-order valence-corrected chi connectivity index (χ2v) is 2.79. The van der Waals surface area contributed by atoms with Crippen molar-refractivity contribution in [3.63, 3.8) is 0 Å². The van der Waals surface area contributed by atoms with Crippen LogP contribution in [0.3, 0.4) is 0 Å². The van der Waals surface area contributed by atoms with E-state index >= 15 is 0 Å². The van der Waals surface area contributed by atoms with Crippen molar-refractivity contribution < 1.29 is 0 Å². The summed E-state index contributed by atoms with van der Waals surface area (Å²) >= 11 is 0. The topological polar surface area (TPSA) is 86.3 Å². The van der Waals surface area contributed by atoms with Gasteiger partial charge < -0.3 is 11.1 Å². The summed E-state index contributed by atoms with van der Waals surface area (Å²) in [5.41, 5.74) is 5.19. The van der Waals surface area contributed by atoms with E-state index in [1.54, 1.807) is 6.08 Å². The number of rotatable bonds is 5. The Labute approximate surface area is 97.1 Å². The van der Waals surface area contributed by atoms with E-state index in [1.165, 1.54) is 0 Å². The molecule has 88 valence electrons. The van der Waals surface area contributed by atoms with E-state index in [2.05, 4.69) is 29.1 Å². The number of aliphatic imine (C=N–C) groups is 1. The molecule has 0 rings (SSSR count). The quantitative estimate of drug-likeness (QED) is 0.246. The van der Waals surface area contributed by atoms with Gasteiger partial charge in [0.15, 0.2) is 11.9 Å². The Morgan fingerprint density at radius 1 is 1.60 bits per heavy atom. The summed E-state index contributed by atoms with van der Waals surface area (Å²) in [5, 5.41) is 12.6. The highest BCUT2D eigenvalue weighted by Gasteiger charge is 1.96. The zero-order chi connectivity index (χ0) is 10.8. The van der Waals surface area contributed by atoms with Crippen LogP contribution in [-0.2, 0) is 0 Å². The minimum absolute atomic E-state index is 0. The van der Waals surface area contributed by atoms with Crippen LogP contribution in [0.4, 0.5) is 0 Å². The summed E-state index contributed by atoms with van der Waals surface area (Å²) < 4.78 is 0. The van der Waals surface area contributed by atoms with Crippen LogP contribution in [0.1, 0.15) is 19.8 Å². The fourth-order valence-corrected chi connectivity index (χ4v) is 0.785. The highest BCUT2D eigenvalue weighted by molar-refractivity contribution is 5.96. The normalized spacial score (nSPS) is 10.1. The molecular weight excluding hydrogens is 214 g/mol. The van der Waals surface area contributed by atoms with Crippen molar-refractivity contribution in [2.24, 2.45) is 10.7 Å². The maximum atomic E-state index is 7.06. The van der Waals surface area contributed by atoms with Crippen LogP contribution >= 0.6 is 12.4 Å². The number of halogens is 1. The van der Waals surface area contributed by atoms with Gasteiger partial charge in [0.1, 0.15) is 0 Å². The molecule has 0 atom stereocenters. The molecule has 5 N–H and O–H groups in total. The van der Waals surface area contributed by atoms with Crippen molar-refractivity contribution >= 4 is 24.3 Å². The SMILES string of the molecule is C=CCNC(=NCCCC)NC(=N)N.Cl. The Hall–Kier alpha value is -1.23. The van der Waals surface area contributed by atoms with E-state index in [0.29, 0.717) is 12.5 Å². The molecule has 0 heterocycles. The zero-order valence-electron chi connectivity index (χ0n) is 9.05. The fraction of sp³-hybridized carbons (Fsp3) is 0.556. The molecule has 0 saturated heterocycles. The van der Waals surface area contributed by atoms with Crippen LogP contribution in [-0.4, -0.2) is 25.0 Å². The van der Waals surface area contributed by atoms with Crippen molar-refractivity contribution in [1.82, 2.24) is 10.6 Å². The van der Waals surface area contributed by atoms with Gasteiger partial charge in [-0.25, -0.2) is 0 Å². The molecule has 6 heteroatoms. The second-order valence-electron chi connectivity index (χ2n) is 2.79. The standard InChI is InChI=1S/C9H19N5.ClH/c1-3-5-7-13-9(12-6-4-2)14-8(10)11;/h4H,2-3,5-7H2,1H3,(H5,10,11,12,13,14);1H. The first kappa shape index (κ1) is 16.2. The fourth-order valence-electron chi connectivity index (χ4n) is 0.785. The average molecular weight is 234 g/mol. The van der Waals surface area contributed by atoms with Gasteiger partial charge in [-0.3, -0.25) is 15.7 Å². The van der Waals surface area contributed by atoms with Crippen molar-refractivity contribution in [2.45, 2.75) is 19.8 Å². The van der Waals surface area contributed by atoms with Gasteiger partial charge >= 0.3 is 0 Å². The maximum absolute atomic E-state index is 7.06. The molecule has 0 aliphatic heterocycles. The summed E-state index contributed by atoms with van der Waals surface area (Å²) in [4.78, 5) is 4.22. The number of nitrogens with two attached hydrogens (primary N) is 1. The Bertz CT molecular complexity index is 215. The van der Waals surface area contributed by atoms with Gasteiger partial charge in [0.25, 0.3) is 0 Å². The number of nitrogens with zero attached hydrogens (tertiary/aromatic N) is 1. The Balaban J connectivity index is 0. The van der Waals surface area contributed by atoms with E-state index in [9.17, 15) is 0 Å². The molecule has 5 nitrogen and oxygen atoms in total. The number of hydrogen-bond acceptors (Lipinski definition) is 2. The summed E-state index contributed by atoms with van der Waals surface area (Å²) in [7, 11) is 0. The molecule has 0 spiro atoms. The summed E-state index contributed by atoms with van der Waals surface area (Å²) in [6.07, 6.45) is 3.84. The molecule has 0 saturated carbocycles. The van der Waals surface area contributed by atoms with Gasteiger partial charge in [-0.05, 0) is 6.42 Å². The van der Waals surface area contributed by atoms with Crippen molar-refractivity contribution in [3.05, 3.63) is 12.7 Å². The lowest BCUT2D eigenvalue weighted by molar-refractivity contribution is 0.797. The first-order valence-corrected chi connectivity index (χ1v) is 4.71. The second kappa shape index (κ2) is 10.8. The third-order valence-electron chi connectivity index (χ3n) is 1.45. The predicted molar refractivity (Wildman–Crippen MR) is 67.7 cm³/mol. The summed E-state index contributed by atoms with van der Waals surface area (Å²) in [6, 6.07) is 0. The lowest BCUT2D eigenvalue weighted by atomic mass is 10.3. The van der Waals surface area contributed by atoms with Crippen molar-refractivity contribution in [2.75, 3.05) is 13.1 Å². The largest absolute Gasteiger partial charge is 0.370 e. The van der Waals surface area contributed by atoms with Crippen LogP contribution in [0.5, 0.6) is 0 Å². The molecule has 0 aromatic rings. The number of unbranched alkanes of at least 4 members (excludes halogenated alkanes) is 1. The lowest BCUT2D eigenvalue weighted by Gasteiger charge is -2.08. The van der Waals surface area contributed by atoms with E-state index in [0.717, 1.165) is 19.4 Å². The molecule has 0 unspecified atom stereocenters. The van der Waals surface area contributed by atoms with Gasteiger partial charge in [-0.15, -0.1) is 19.0 Å². The Morgan fingerprint density at radius 3 is 2.73 bits per heavy atom. The van der Waals surface area contributed by atoms with Crippen LogP contribution in [0.15, 0.2) is 17.6 Å². The highest BCUT2D eigenvalue weighted by Crippen LogP contribution is 1.86. The van der Waals surface area contributed by atoms with E-state index < -0.39 is 0 Å². The van der Waals surface area contributed by atoms with Crippen LogP contribution in [0.25, 0.3) is 0 Å². The predicted octanol–water partition coefficient (Wildman–Crippen LogP) is 0.823. The summed E-state index contributed by atoms with van der Waals surface area (Å²) in [5.74, 6) is 0.419. The summed E-state index contributed by atoms with van der Waals surface area (Å²) in [6.45, 7) is 7.01. The number of guanidine groups is 2. The van der Waals surface area contributed by atoms with Crippen LogP contribution < -0.4 is 16.4 Å². The van der Waals surface area contributed by atoms with Gasteiger partial charge in [0, 0.05) is 13.1 Å². The first-order valence-electron chi connectivity index (χ1n) is 4.71. The number of hydrogen-bond donors (Lipinski definition) is 4. The monoisotopic (exact) mass is 233 g/mol. The van der Waals surface area contributed by atoms with Gasteiger partial charge in [-0.1, -0.05) is 19.4 Å². The van der Waals surface area contributed by atoms with Crippen molar-refractivity contribution in [3.8, 4) is 0 Å². The minimum Gasteiger partial charge on any atom is -0.370 e. The molecule has 0 aromatic carbocycles. The van der Waals surface area contributed by atoms with Gasteiger partial charge in [0.2, 0.25) is 0 Å². The minimum atomic E-state index is -0.114. The van der Waals surface area contributed by atoms with E-state index in [-0.39, 0.29) is 18.4 Å². The van der Waals surface area contributed by atoms with Crippen LogP contribution in [0, 0.1) is 5.41 Å². The Kier molecular flexibility index (Phi) is 11.7. The lowest BCUT2D eigenvalue weighted by Crippen LogP contribution is -2.44. The molecule has 0 aliphatic rings. The number of nitrogens with one attached hydrogen (secondary N) is 3. The smallest absolute Gasteiger partial charge is 0.198 e. The molecule has 0 aromatic heterocycles. The third kappa shape index (κ3) is 10.7. The van der Waals surface area contributed by atoms with Gasteiger partial charge in [0.05, 0.1) is 0 Å². The molecule has 0 amide bonds. The average Bonchev–Trinajstić information content (AvgIpc) is 2.13. The molecule has 0 radical (unpaired) electrons. The molecule has 0 bridgehead atoms. The van der Waals surface area contributed by atoms with E-state index in [1.807, 2.05) is 0 Å². The zero-order valence-corrected chi connectivity index (χ0v) is 9.86. The van der Waals surface area contributed by atoms with E-state index in [4.69, 9.17) is 11.1 Å². The maximum Gasteiger partial charge on any atom is 0.198 e.